The van der Waals surface area contributed by atoms with Crippen LogP contribution in [-0.4, -0.2) is 36.8 Å². The first-order valence-electron chi connectivity index (χ1n) is 10.8. The van der Waals surface area contributed by atoms with Crippen molar-refractivity contribution in [3.05, 3.63) is 90.1 Å². The highest BCUT2D eigenvalue weighted by Crippen LogP contribution is 2.31. The number of hydrogen-bond donors (Lipinski definition) is 1. The maximum Gasteiger partial charge on any atom is 0.337 e. The van der Waals surface area contributed by atoms with Gasteiger partial charge in [0, 0.05) is 34.9 Å². The molecule has 1 amide bonds. The number of nitrogens with zero attached hydrogens (tertiary/aromatic N) is 1. The van der Waals surface area contributed by atoms with Gasteiger partial charge in [-0.1, -0.05) is 54.1 Å². The molecule has 0 saturated carbocycles. The highest BCUT2D eigenvalue weighted by Gasteiger charge is 2.14. The van der Waals surface area contributed by atoms with E-state index >= 15 is 0 Å². The number of carbonyl (C=O) groups is 2. The van der Waals surface area contributed by atoms with E-state index in [4.69, 9.17) is 9.47 Å². The van der Waals surface area contributed by atoms with Gasteiger partial charge in [-0.05, 0) is 36.8 Å². The molecule has 0 fully saturated rings. The van der Waals surface area contributed by atoms with Crippen LogP contribution < -0.4 is 5.32 Å². The molecule has 168 valence electrons. The highest BCUT2D eigenvalue weighted by molar-refractivity contribution is 6.00. The van der Waals surface area contributed by atoms with E-state index in [2.05, 4.69) is 23.6 Å². The smallest absolute Gasteiger partial charge is 0.337 e. The predicted molar refractivity (Wildman–Crippen MR) is 129 cm³/mol. The van der Waals surface area contributed by atoms with Gasteiger partial charge in [0.1, 0.15) is 6.61 Å². The Morgan fingerprint density at radius 1 is 0.970 bits per heavy atom. The molecule has 3 aromatic carbocycles. The topological polar surface area (TPSA) is 69.6 Å². The van der Waals surface area contributed by atoms with Crippen LogP contribution in [0.4, 0.5) is 5.69 Å². The zero-order chi connectivity index (χ0) is 23.2. The van der Waals surface area contributed by atoms with Crippen LogP contribution in [0.3, 0.4) is 0 Å². The summed E-state index contributed by atoms with van der Waals surface area (Å²) in [5.41, 5.74) is 5.43. The lowest BCUT2D eigenvalue weighted by Crippen LogP contribution is -2.19. The third kappa shape index (κ3) is 5.30. The number of rotatable bonds is 8. The minimum absolute atomic E-state index is 0.0357. The predicted octanol–water partition coefficient (Wildman–Crippen LogP) is 5.06. The van der Waals surface area contributed by atoms with E-state index in [1.54, 1.807) is 6.07 Å². The number of aryl methyl sites for hydroxylation is 1. The van der Waals surface area contributed by atoms with Gasteiger partial charge >= 0.3 is 5.97 Å². The van der Waals surface area contributed by atoms with Crippen LogP contribution in [0, 0.1) is 6.92 Å². The molecule has 4 aromatic rings. The molecule has 1 N–H and O–H groups in total. The van der Waals surface area contributed by atoms with E-state index in [0.717, 1.165) is 33.3 Å². The summed E-state index contributed by atoms with van der Waals surface area (Å²) >= 11 is 0. The lowest BCUT2D eigenvalue weighted by Gasteiger charge is -2.09. The number of carbonyl (C=O) groups excluding carboxylic acids is 2. The molecule has 0 unspecified atom stereocenters. The molecule has 0 aliphatic carbocycles. The molecule has 0 radical (unpaired) electrons. The van der Waals surface area contributed by atoms with E-state index < -0.39 is 0 Å². The number of benzene rings is 3. The fourth-order valence-electron chi connectivity index (χ4n) is 3.73. The Balaban J connectivity index is 1.47. The van der Waals surface area contributed by atoms with E-state index in [1.807, 2.05) is 66.1 Å². The van der Waals surface area contributed by atoms with Crippen molar-refractivity contribution in [2.75, 3.05) is 25.6 Å². The number of fused-ring (bicyclic) bond motifs is 1. The summed E-state index contributed by atoms with van der Waals surface area (Å²) in [6.07, 6.45) is 2.05. The average molecular weight is 443 g/mol. The maximum atomic E-state index is 12.2. The van der Waals surface area contributed by atoms with E-state index in [1.165, 1.54) is 7.11 Å². The Hall–Kier alpha value is -3.90. The van der Waals surface area contributed by atoms with Gasteiger partial charge in [0.05, 0.1) is 19.3 Å². The summed E-state index contributed by atoms with van der Waals surface area (Å²) in [4.78, 5) is 24.2. The fraction of sp³-hybridized carbons (Fsp3) is 0.185. The maximum absolute atomic E-state index is 12.2. The van der Waals surface area contributed by atoms with Crippen LogP contribution in [0.5, 0.6) is 0 Å². The molecular formula is C27H26N2O4. The standard InChI is InChI=1S/C27H26N2O4/c1-19-8-11-22(12-9-19)28-26(30)18-33-15-14-29-17-24(20-6-4-3-5-7-20)23-13-10-21(16-25(23)29)27(31)32-2/h3-13,16-17H,14-15,18H2,1-2H3,(H,28,30). The van der Waals surface area contributed by atoms with Crippen LogP contribution in [0.25, 0.3) is 22.0 Å². The zero-order valence-corrected chi connectivity index (χ0v) is 18.7. The molecular weight excluding hydrogens is 416 g/mol. The third-order valence-corrected chi connectivity index (χ3v) is 5.43. The summed E-state index contributed by atoms with van der Waals surface area (Å²) in [7, 11) is 1.37. The van der Waals surface area contributed by atoms with Gasteiger partial charge in [0.2, 0.25) is 5.91 Å². The molecule has 0 aliphatic heterocycles. The molecule has 0 spiro atoms. The van der Waals surface area contributed by atoms with Crippen LogP contribution in [0.1, 0.15) is 15.9 Å². The van der Waals surface area contributed by atoms with Crippen LogP contribution in [0.15, 0.2) is 79.0 Å². The number of nitrogens with one attached hydrogen (secondary N) is 1. The van der Waals surface area contributed by atoms with Crippen molar-refractivity contribution < 1.29 is 19.1 Å². The van der Waals surface area contributed by atoms with Gasteiger partial charge in [-0.2, -0.15) is 0 Å². The van der Waals surface area contributed by atoms with E-state index in [9.17, 15) is 9.59 Å². The molecule has 6 heteroatoms. The first kappa shape index (κ1) is 22.3. The monoisotopic (exact) mass is 442 g/mol. The molecule has 0 aliphatic rings. The normalized spacial score (nSPS) is 10.8. The number of esters is 1. The van der Waals surface area contributed by atoms with E-state index in [-0.39, 0.29) is 18.5 Å². The number of anilines is 1. The van der Waals surface area contributed by atoms with Crippen molar-refractivity contribution in [2.45, 2.75) is 13.5 Å². The molecule has 0 bridgehead atoms. The Bertz CT molecular complexity index is 1260. The lowest BCUT2D eigenvalue weighted by atomic mass is 10.0. The lowest BCUT2D eigenvalue weighted by molar-refractivity contribution is -0.120. The second kappa shape index (κ2) is 10.1. The quantitative estimate of drug-likeness (QED) is 0.306. The summed E-state index contributed by atoms with van der Waals surface area (Å²) in [6, 6.07) is 23.2. The second-order valence-corrected chi connectivity index (χ2v) is 7.79. The van der Waals surface area contributed by atoms with Gasteiger partial charge in [0.15, 0.2) is 0 Å². The minimum Gasteiger partial charge on any atom is -0.465 e. The number of ether oxygens (including phenoxy) is 2. The highest BCUT2D eigenvalue weighted by atomic mass is 16.5. The van der Waals surface area contributed by atoms with Gasteiger partial charge in [-0.15, -0.1) is 0 Å². The minimum atomic E-state index is -0.380. The van der Waals surface area contributed by atoms with Gasteiger partial charge < -0.3 is 19.4 Å². The van der Waals surface area contributed by atoms with Gasteiger partial charge in [-0.3, -0.25) is 4.79 Å². The van der Waals surface area contributed by atoms with Crippen molar-refractivity contribution in [3.63, 3.8) is 0 Å². The molecule has 33 heavy (non-hydrogen) atoms. The number of methoxy groups -OCH3 is 1. The first-order chi connectivity index (χ1) is 16.0. The number of amides is 1. The van der Waals surface area contributed by atoms with Crippen molar-refractivity contribution in [1.82, 2.24) is 4.57 Å². The summed E-state index contributed by atoms with van der Waals surface area (Å²) in [5.74, 6) is -0.580. The molecule has 0 atom stereocenters. The first-order valence-corrected chi connectivity index (χ1v) is 10.8. The van der Waals surface area contributed by atoms with Crippen LogP contribution >= 0.6 is 0 Å². The Labute approximate surface area is 192 Å². The zero-order valence-electron chi connectivity index (χ0n) is 18.7. The largest absolute Gasteiger partial charge is 0.465 e. The molecule has 6 nitrogen and oxygen atoms in total. The summed E-state index contributed by atoms with van der Waals surface area (Å²) < 4.78 is 12.6. The average Bonchev–Trinajstić information content (AvgIpc) is 3.21. The third-order valence-electron chi connectivity index (χ3n) is 5.43. The summed E-state index contributed by atoms with van der Waals surface area (Å²) in [6.45, 7) is 2.84. The van der Waals surface area contributed by atoms with E-state index in [0.29, 0.717) is 18.7 Å². The Morgan fingerprint density at radius 2 is 1.73 bits per heavy atom. The van der Waals surface area contributed by atoms with Crippen molar-refractivity contribution in [3.8, 4) is 11.1 Å². The number of aromatic nitrogens is 1. The van der Waals surface area contributed by atoms with Crippen molar-refractivity contribution in [1.29, 1.82) is 0 Å². The van der Waals surface area contributed by atoms with Gasteiger partial charge in [-0.25, -0.2) is 4.79 Å². The van der Waals surface area contributed by atoms with Crippen molar-refractivity contribution in [2.24, 2.45) is 0 Å². The Kier molecular flexibility index (Phi) is 6.86. The molecule has 4 rings (SSSR count). The van der Waals surface area contributed by atoms with Crippen LogP contribution in [-0.2, 0) is 20.8 Å². The van der Waals surface area contributed by atoms with Crippen molar-refractivity contribution >= 4 is 28.5 Å². The van der Waals surface area contributed by atoms with Gasteiger partial charge in [0.25, 0.3) is 0 Å². The summed E-state index contributed by atoms with van der Waals surface area (Å²) in [5, 5.41) is 3.86. The molecule has 1 aromatic heterocycles. The molecule has 1 heterocycles. The SMILES string of the molecule is COC(=O)c1ccc2c(-c3ccccc3)cn(CCOCC(=O)Nc3ccc(C)cc3)c2c1. The Morgan fingerprint density at radius 3 is 2.45 bits per heavy atom. The number of hydrogen-bond acceptors (Lipinski definition) is 4. The molecule has 0 saturated heterocycles. The fourth-order valence-corrected chi connectivity index (χ4v) is 3.73. The second-order valence-electron chi connectivity index (χ2n) is 7.79. The van der Waals surface area contributed by atoms with Crippen LogP contribution in [0.2, 0.25) is 0 Å².